The summed E-state index contributed by atoms with van der Waals surface area (Å²) >= 11 is 12.6. The smallest absolute Gasteiger partial charge is 0.240 e. The summed E-state index contributed by atoms with van der Waals surface area (Å²) in [7, 11) is 2.04. The number of anilines is 1. The molecule has 0 bridgehead atoms. The van der Waals surface area contributed by atoms with Crippen molar-refractivity contribution in [2.24, 2.45) is 0 Å². The van der Waals surface area contributed by atoms with Crippen LogP contribution < -0.4 is 15.0 Å². The molecule has 39 heavy (non-hydrogen) atoms. The zero-order valence-electron chi connectivity index (χ0n) is 21.6. The highest BCUT2D eigenvalue weighted by Crippen LogP contribution is 2.35. The summed E-state index contributed by atoms with van der Waals surface area (Å²) in [5.74, 6) is 1.43. The summed E-state index contributed by atoms with van der Waals surface area (Å²) in [4.78, 5) is 30.3. The van der Waals surface area contributed by atoms with Crippen molar-refractivity contribution in [3.8, 4) is 17.0 Å². The Morgan fingerprint density at radius 3 is 2.46 bits per heavy atom. The van der Waals surface area contributed by atoms with Gasteiger partial charge in [-0.25, -0.2) is 9.97 Å². The van der Waals surface area contributed by atoms with Gasteiger partial charge in [0.25, 0.3) is 0 Å². The molecule has 0 saturated carbocycles. The molecule has 1 spiro atoms. The van der Waals surface area contributed by atoms with E-state index in [1.807, 2.05) is 32.2 Å². The maximum absolute atomic E-state index is 12.7. The number of piperidine rings is 1. The Hall–Kier alpha value is -3.47. The number of nitrogens with zero attached hydrogens (tertiary/aromatic N) is 6. The number of aromatic amines is 1. The third kappa shape index (κ3) is 4.66. The van der Waals surface area contributed by atoms with Gasteiger partial charge in [-0.2, -0.15) is 5.10 Å². The summed E-state index contributed by atoms with van der Waals surface area (Å²) in [5.41, 5.74) is 2.63. The highest BCUT2D eigenvalue weighted by molar-refractivity contribution is 6.35. The Morgan fingerprint density at radius 2 is 1.77 bits per heavy atom. The average Bonchev–Trinajstić information content (AvgIpc) is 3.35. The number of likely N-dealkylation sites (N-methyl/N-ethyl adjacent to an activating group) is 1. The van der Waals surface area contributed by atoms with Crippen molar-refractivity contribution >= 4 is 46.0 Å². The van der Waals surface area contributed by atoms with Crippen LogP contribution in [0.25, 0.3) is 22.2 Å². The van der Waals surface area contributed by atoms with E-state index >= 15 is 0 Å². The minimum atomic E-state index is -0.437. The molecule has 0 radical (unpaired) electrons. The Kier molecular flexibility index (Phi) is 6.78. The van der Waals surface area contributed by atoms with Gasteiger partial charge in [0.1, 0.15) is 23.1 Å². The molecule has 12 heteroatoms. The fourth-order valence-corrected chi connectivity index (χ4v) is 6.21. The predicted octanol–water partition coefficient (Wildman–Crippen LogP) is 4.26. The van der Waals surface area contributed by atoms with Gasteiger partial charge >= 0.3 is 0 Å². The molecule has 2 fully saturated rings. The number of amides is 1. The van der Waals surface area contributed by atoms with Gasteiger partial charge in [-0.3, -0.25) is 19.8 Å². The number of rotatable bonds is 5. The second-order valence-electron chi connectivity index (χ2n) is 10.0. The second-order valence-corrected chi connectivity index (χ2v) is 10.8. The summed E-state index contributed by atoms with van der Waals surface area (Å²) in [5, 5.41) is 12.4. The van der Waals surface area contributed by atoms with Gasteiger partial charge in [-0.1, -0.05) is 23.2 Å². The van der Waals surface area contributed by atoms with Crippen molar-refractivity contribution in [1.29, 1.82) is 0 Å². The number of H-pyrrole nitrogens is 1. The lowest BCUT2D eigenvalue weighted by Gasteiger charge is -2.48. The van der Waals surface area contributed by atoms with Crippen LogP contribution in [0.15, 0.2) is 43.0 Å². The van der Waals surface area contributed by atoms with Gasteiger partial charge in [-0.05, 0) is 45.0 Å². The molecule has 1 aromatic carbocycles. The minimum absolute atomic E-state index is 0.127. The molecule has 202 valence electrons. The van der Waals surface area contributed by atoms with E-state index in [4.69, 9.17) is 27.9 Å². The van der Waals surface area contributed by atoms with Gasteiger partial charge in [0.2, 0.25) is 11.9 Å². The largest absolute Gasteiger partial charge is 0.486 e. The van der Waals surface area contributed by atoms with Crippen LogP contribution in [-0.2, 0) is 4.79 Å². The number of pyridine rings is 1. The van der Waals surface area contributed by atoms with E-state index < -0.39 is 5.54 Å². The van der Waals surface area contributed by atoms with E-state index in [1.165, 1.54) is 0 Å². The quantitative estimate of drug-likeness (QED) is 0.368. The molecule has 2 aliphatic heterocycles. The van der Waals surface area contributed by atoms with E-state index in [2.05, 4.69) is 40.3 Å². The molecule has 0 aliphatic carbocycles. The summed E-state index contributed by atoms with van der Waals surface area (Å²) < 4.78 is 6.18. The Bertz CT molecular complexity index is 1500. The van der Waals surface area contributed by atoms with Gasteiger partial charge < -0.3 is 15.0 Å². The maximum atomic E-state index is 12.7. The van der Waals surface area contributed by atoms with E-state index in [0.717, 1.165) is 41.5 Å². The maximum Gasteiger partial charge on any atom is 0.240 e. The van der Waals surface area contributed by atoms with E-state index in [9.17, 15) is 4.79 Å². The third-order valence-electron chi connectivity index (χ3n) is 7.82. The molecule has 3 aromatic heterocycles. The summed E-state index contributed by atoms with van der Waals surface area (Å²) in [6.07, 6.45) is 7.77. The van der Waals surface area contributed by atoms with Crippen LogP contribution in [0.4, 0.5) is 5.95 Å². The van der Waals surface area contributed by atoms with Gasteiger partial charge in [0, 0.05) is 67.5 Å². The molecule has 4 aromatic rings. The molecule has 2 aliphatic rings. The highest BCUT2D eigenvalue weighted by Gasteiger charge is 2.46. The van der Waals surface area contributed by atoms with Crippen LogP contribution in [0, 0.1) is 0 Å². The van der Waals surface area contributed by atoms with Crippen LogP contribution in [0.2, 0.25) is 10.0 Å². The van der Waals surface area contributed by atoms with Crippen molar-refractivity contribution in [3.05, 3.63) is 58.6 Å². The predicted molar refractivity (Wildman–Crippen MR) is 150 cm³/mol. The third-order valence-corrected chi connectivity index (χ3v) is 8.42. The second kappa shape index (κ2) is 10.3. The number of nitrogens with one attached hydrogen (secondary N) is 2. The van der Waals surface area contributed by atoms with Crippen molar-refractivity contribution < 1.29 is 9.53 Å². The molecule has 1 atom stereocenters. The van der Waals surface area contributed by atoms with Crippen LogP contribution in [0.5, 0.6) is 5.75 Å². The van der Waals surface area contributed by atoms with Crippen molar-refractivity contribution in [3.63, 3.8) is 0 Å². The molecule has 6 rings (SSSR count). The summed E-state index contributed by atoms with van der Waals surface area (Å²) in [6.45, 7) is 4.89. The number of carbonyl (C=O) groups is 1. The Labute approximate surface area is 235 Å². The molecular formula is C27H28Cl2N8O2. The molecule has 2 saturated heterocycles. The monoisotopic (exact) mass is 566 g/mol. The van der Waals surface area contributed by atoms with Crippen LogP contribution in [0.1, 0.15) is 31.4 Å². The molecular weight excluding hydrogens is 539 g/mol. The Morgan fingerprint density at radius 1 is 1.05 bits per heavy atom. The summed E-state index contributed by atoms with van der Waals surface area (Å²) in [6, 6.07) is 5.72. The highest BCUT2D eigenvalue weighted by atomic mass is 35.5. The zero-order valence-corrected chi connectivity index (χ0v) is 23.1. The number of hydrogen-bond acceptors (Lipinski definition) is 8. The van der Waals surface area contributed by atoms with Crippen LogP contribution in [0.3, 0.4) is 0 Å². The molecule has 5 heterocycles. The van der Waals surface area contributed by atoms with Crippen molar-refractivity contribution in [1.82, 2.24) is 35.4 Å². The molecule has 10 nitrogen and oxygen atoms in total. The van der Waals surface area contributed by atoms with Gasteiger partial charge in [0.05, 0.1) is 15.6 Å². The van der Waals surface area contributed by atoms with Crippen molar-refractivity contribution in [2.45, 2.75) is 31.4 Å². The Balaban J connectivity index is 1.19. The lowest BCUT2D eigenvalue weighted by Crippen LogP contribution is -2.67. The number of halogens is 2. The van der Waals surface area contributed by atoms with Crippen LogP contribution in [-0.4, -0.2) is 74.7 Å². The van der Waals surface area contributed by atoms with Gasteiger partial charge in [-0.15, -0.1) is 0 Å². The standard InChI is InChI=1S/C27H28Cl2N8O2/c1-16(23-20(28)14-30-15-21(23)29)39-18-3-4-22-19(11-18)24(35-34-22)17-12-32-26(33-13-17)37-8-5-27(6-9-37)25(38)31-7-10-36(27)2/h3-4,11-16H,5-10H2,1-2H3,(H,31,38)(H,34,35). The lowest BCUT2D eigenvalue weighted by molar-refractivity contribution is -0.137. The first kappa shape index (κ1) is 25.8. The normalized spacial score (nSPS) is 18.4. The SMILES string of the molecule is CC(Oc1ccc2[nH]nc(-c3cnc(N4CCC5(CC4)C(=O)NCCN5C)nc3)c2c1)c1c(Cl)cncc1Cl. The van der Waals surface area contributed by atoms with E-state index in [0.29, 0.717) is 46.9 Å². The number of hydrogen-bond donors (Lipinski definition) is 2. The van der Waals surface area contributed by atoms with E-state index in [1.54, 1.807) is 24.8 Å². The molecule has 1 unspecified atom stereocenters. The number of fused-ring (bicyclic) bond motifs is 1. The van der Waals surface area contributed by atoms with Gasteiger partial charge in [0.15, 0.2) is 0 Å². The number of piperazine rings is 1. The number of benzene rings is 1. The van der Waals surface area contributed by atoms with E-state index in [-0.39, 0.29) is 12.0 Å². The average molecular weight is 567 g/mol. The number of ether oxygens (including phenoxy) is 1. The number of aromatic nitrogens is 5. The first-order valence-electron chi connectivity index (χ1n) is 12.9. The number of carbonyl (C=O) groups excluding carboxylic acids is 1. The van der Waals surface area contributed by atoms with Crippen LogP contribution >= 0.6 is 23.2 Å². The fraction of sp³-hybridized carbons (Fsp3) is 0.370. The fourth-order valence-electron chi connectivity index (χ4n) is 5.54. The van der Waals surface area contributed by atoms with Crippen molar-refractivity contribution in [2.75, 3.05) is 38.1 Å². The topological polar surface area (TPSA) is 112 Å². The molecule has 2 N–H and O–H groups in total. The first-order valence-corrected chi connectivity index (χ1v) is 13.6. The lowest BCUT2D eigenvalue weighted by atomic mass is 9.83. The minimum Gasteiger partial charge on any atom is -0.486 e. The zero-order chi connectivity index (χ0) is 27.1. The first-order chi connectivity index (χ1) is 18.9. The molecule has 1 amide bonds.